The van der Waals surface area contributed by atoms with Gasteiger partial charge in [0.05, 0.1) is 29.7 Å². The van der Waals surface area contributed by atoms with Crippen molar-refractivity contribution in [3.05, 3.63) is 65.4 Å². The van der Waals surface area contributed by atoms with Crippen LogP contribution >= 0.6 is 0 Å². The standard InChI is InChI=1S/C21H20FN7O4/c22-17-4-7-28(25-17)14-2-1-3-15(10-14)29-18-16(11-24-29)19(30)27(13-23-18)12-21(33)5-8-26(9-6-21)20(31)32/h1-4,7,10-11,13,33H,5-6,8-9,12H2,(H,31,32). The van der Waals surface area contributed by atoms with E-state index in [0.29, 0.717) is 17.0 Å². The maximum absolute atomic E-state index is 13.3. The van der Waals surface area contributed by atoms with Crippen LogP contribution in [-0.2, 0) is 6.54 Å². The van der Waals surface area contributed by atoms with Crippen molar-refractivity contribution in [1.82, 2.24) is 34.0 Å². The normalized spacial score (nSPS) is 15.8. The molecule has 12 heteroatoms. The zero-order chi connectivity index (χ0) is 23.2. The number of nitrogens with zero attached hydrogens (tertiary/aromatic N) is 7. The SMILES string of the molecule is O=C(O)N1CCC(O)(Cn2cnc3c(cnn3-c3cccc(-n4ccc(F)n4)c3)c2=O)CC1. The number of aliphatic hydroxyl groups is 1. The molecule has 0 atom stereocenters. The minimum atomic E-state index is -1.20. The molecule has 170 valence electrons. The lowest BCUT2D eigenvalue weighted by Crippen LogP contribution is -2.49. The Balaban J connectivity index is 1.44. The van der Waals surface area contributed by atoms with Crippen LogP contribution in [-0.4, -0.2) is 69.0 Å². The zero-order valence-electron chi connectivity index (χ0n) is 17.4. The Morgan fingerprint density at radius 1 is 1.18 bits per heavy atom. The number of piperidine rings is 1. The number of likely N-dealkylation sites (tertiary alicyclic amines) is 1. The molecular formula is C21H20FN7O4. The second-order valence-corrected chi connectivity index (χ2v) is 8.07. The molecule has 0 bridgehead atoms. The number of aromatic nitrogens is 6. The first-order valence-corrected chi connectivity index (χ1v) is 10.3. The molecule has 0 aliphatic carbocycles. The quantitative estimate of drug-likeness (QED) is 0.478. The first-order chi connectivity index (χ1) is 15.8. The highest BCUT2D eigenvalue weighted by molar-refractivity contribution is 5.75. The minimum absolute atomic E-state index is 0.00770. The molecule has 4 aromatic rings. The summed E-state index contributed by atoms with van der Waals surface area (Å²) >= 11 is 0. The Labute approximate surface area is 185 Å². The number of carbonyl (C=O) groups is 1. The monoisotopic (exact) mass is 453 g/mol. The first-order valence-electron chi connectivity index (χ1n) is 10.3. The van der Waals surface area contributed by atoms with E-state index in [9.17, 15) is 19.1 Å². The fourth-order valence-electron chi connectivity index (χ4n) is 4.05. The van der Waals surface area contributed by atoms with Crippen LogP contribution in [0.4, 0.5) is 9.18 Å². The van der Waals surface area contributed by atoms with Crippen molar-refractivity contribution in [2.45, 2.75) is 25.0 Å². The van der Waals surface area contributed by atoms with E-state index < -0.39 is 17.6 Å². The summed E-state index contributed by atoms with van der Waals surface area (Å²) in [5.74, 6) is -0.595. The van der Waals surface area contributed by atoms with Gasteiger partial charge in [-0.3, -0.25) is 9.36 Å². The van der Waals surface area contributed by atoms with Crippen molar-refractivity contribution in [2.75, 3.05) is 13.1 Å². The zero-order valence-corrected chi connectivity index (χ0v) is 17.4. The van der Waals surface area contributed by atoms with E-state index in [2.05, 4.69) is 15.2 Å². The van der Waals surface area contributed by atoms with Gasteiger partial charge in [0.1, 0.15) is 11.7 Å². The summed E-state index contributed by atoms with van der Waals surface area (Å²) in [5, 5.41) is 28.3. The van der Waals surface area contributed by atoms with Crippen molar-refractivity contribution in [3.63, 3.8) is 0 Å². The molecule has 0 unspecified atom stereocenters. The van der Waals surface area contributed by atoms with Crippen molar-refractivity contribution in [3.8, 4) is 11.4 Å². The number of benzene rings is 1. The maximum Gasteiger partial charge on any atom is 0.407 e. The van der Waals surface area contributed by atoms with Crippen molar-refractivity contribution >= 4 is 17.1 Å². The molecule has 11 nitrogen and oxygen atoms in total. The molecular weight excluding hydrogens is 433 g/mol. The number of carboxylic acid groups (broad SMARTS) is 1. The van der Waals surface area contributed by atoms with Gasteiger partial charge in [0.2, 0.25) is 5.95 Å². The number of rotatable bonds is 4. The van der Waals surface area contributed by atoms with Gasteiger partial charge in [-0.05, 0) is 31.0 Å². The van der Waals surface area contributed by atoms with E-state index in [1.54, 1.807) is 24.3 Å². The van der Waals surface area contributed by atoms with E-state index in [1.165, 1.54) is 43.6 Å². The maximum atomic E-state index is 13.3. The van der Waals surface area contributed by atoms with Gasteiger partial charge in [0.25, 0.3) is 5.56 Å². The Bertz CT molecular complexity index is 1400. The van der Waals surface area contributed by atoms with E-state index >= 15 is 0 Å². The summed E-state index contributed by atoms with van der Waals surface area (Å²) in [4.78, 5) is 29.8. The number of halogens is 1. The second-order valence-electron chi connectivity index (χ2n) is 8.07. The van der Waals surface area contributed by atoms with Gasteiger partial charge in [-0.15, -0.1) is 5.10 Å². The Morgan fingerprint density at radius 2 is 1.94 bits per heavy atom. The number of fused-ring (bicyclic) bond motifs is 1. The molecule has 1 aliphatic rings. The fourth-order valence-corrected chi connectivity index (χ4v) is 4.05. The lowest BCUT2D eigenvalue weighted by molar-refractivity contribution is -0.0304. The summed E-state index contributed by atoms with van der Waals surface area (Å²) in [7, 11) is 0. The third kappa shape index (κ3) is 3.84. The highest BCUT2D eigenvalue weighted by Crippen LogP contribution is 2.24. The molecule has 4 heterocycles. The van der Waals surface area contributed by atoms with Crippen LogP contribution in [0.2, 0.25) is 0 Å². The summed E-state index contributed by atoms with van der Waals surface area (Å²) in [5.41, 5.74) is 0.0125. The summed E-state index contributed by atoms with van der Waals surface area (Å²) in [6.07, 6.45) is 3.70. The molecule has 5 rings (SSSR count). The van der Waals surface area contributed by atoms with Crippen molar-refractivity contribution in [2.24, 2.45) is 0 Å². The highest BCUT2D eigenvalue weighted by atomic mass is 19.1. The van der Waals surface area contributed by atoms with E-state index in [4.69, 9.17) is 5.11 Å². The van der Waals surface area contributed by atoms with Gasteiger partial charge < -0.3 is 15.1 Å². The molecule has 1 aliphatic heterocycles. The van der Waals surface area contributed by atoms with Gasteiger partial charge in [-0.1, -0.05) is 6.07 Å². The average Bonchev–Trinajstić information content (AvgIpc) is 3.43. The molecule has 1 saturated heterocycles. The molecule has 3 aromatic heterocycles. The van der Waals surface area contributed by atoms with E-state index in [1.807, 2.05) is 0 Å². The molecule has 0 radical (unpaired) electrons. The van der Waals surface area contributed by atoms with Crippen LogP contribution in [0.5, 0.6) is 0 Å². The molecule has 33 heavy (non-hydrogen) atoms. The summed E-state index contributed by atoms with van der Waals surface area (Å²) in [6, 6.07) is 8.29. The van der Waals surface area contributed by atoms with Crippen LogP contribution < -0.4 is 5.56 Å². The van der Waals surface area contributed by atoms with Crippen molar-refractivity contribution in [1.29, 1.82) is 0 Å². The molecule has 1 fully saturated rings. The average molecular weight is 453 g/mol. The van der Waals surface area contributed by atoms with Gasteiger partial charge in [0, 0.05) is 25.4 Å². The van der Waals surface area contributed by atoms with Crippen molar-refractivity contribution < 1.29 is 19.4 Å². The van der Waals surface area contributed by atoms with E-state index in [0.717, 1.165) is 0 Å². The predicted octanol–water partition coefficient (Wildman–Crippen LogP) is 1.41. The molecule has 0 saturated carbocycles. The number of hydrogen-bond donors (Lipinski definition) is 2. The largest absolute Gasteiger partial charge is 0.465 e. The lowest BCUT2D eigenvalue weighted by Gasteiger charge is -2.37. The van der Waals surface area contributed by atoms with Crippen LogP contribution in [0.15, 0.2) is 53.8 Å². The minimum Gasteiger partial charge on any atom is -0.465 e. The topological polar surface area (TPSA) is 131 Å². The lowest BCUT2D eigenvalue weighted by atomic mass is 9.91. The summed E-state index contributed by atoms with van der Waals surface area (Å²) in [6.45, 7) is 0.406. The smallest absolute Gasteiger partial charge is 0.407 e. The number of hydrogen-bond acceptors (Lipinski definition) is 6. The second kappa shape index (κ2) is 7.81. The first kappa shape index (κ1) is 20.8. The Kier molecular flexibility index (Phi) is 4.93. The highest BCUT2D eigenvalue weighted by Gasteiger charge is 2.34. The fraction of sp³-hybridized carbons (Fsp3) is 0.286. The molecule has 0 spiro atoms. The van der Waals surface area contributed by atoms with Crippen LogP contribution in [0, 0.1) is 5.95 Å². The third-order valence-corrected chi connectivity index (χ3v) is 5.88. The van der Waals surface area contributed by atoms with Gasteiger partial charge in [-0.25, -0.2) is 19.1 Å². The van der Waals surface area contributed by atoms with Gasteiger partial charge >= 0.3 is 6.09 Å². The molecule has 1 aromatic carbocycles. The predicted molar refractivity (Wildman–Crippen MR) is 114 cm³/mol. The molecule has 1 amide bonds. The Morgan fingerprint density at radius 3 is 2.64 bits per heavy atom. The van der Waals surface area contributed by atoms with Gasteiger partial charge in [-0.2, -0.15) is 9.49 Å². The van der Waals surface area contributed by atoms with Gasteiger partial charge in [0.15, 0.2) is 5.65 Å². The van der Waals surface area contributed by atoms with E-state index in [-0.39, 0.29) is 43.4 Å². The summed E-state index contributed by atoms with van der Waals surface area (Å²) < 4.78 is 17.5. The van der Waals surface area contributed by atoms with Crippen LogP contribution in [0.25, 0.3) is 22.4 Å². The van der Waals surface area contributed by atoms with Crippen LogP contribution in [0.1, 0.15) is 12.8 Å². The third-order valence-electron chi connectivity index (χ3n) is 5.88. The molecule has 2 N–H and O–H groups in total. The van der Waals surface area contributed by atoms with Crippen LogP contribution in [0.3, 0.4) is 0 Å². The number of amides is 1. The Hall–Kier alpha value is -4.06.